The quantitative estimate of drug-likeness (QED) is 0.856. The second kappa shape index (κ2) is 7.54. The van der Waals surface area contributed by atoms with Crippen LogP contribution in [0.3, 0.4) is 0 Å². The lowest BCUT2D eigenvalue weighted by molar-refractivity contribution is -0.164. The van der Waals surface area contributed by atoms with Gasteiger partial charge < -0.3 is 20.1 Å². The van der Waals surface area contributed by atoms with Gasteiger partial charge in [-0.2, -0.15) is 0 Å². The Balaban J connectivity index is 1.72. The maximum absolute atomic E-state index is 12.1. The molecule has 1 aliphatic heterocycles. The SMILES string of the molecule is CC(C)N1C(=O)CO[C@H](c2ccc(NC(=O)C3CCC3)cc2)[C@H]1CO. The van der Waals surface area contributed by atoms with E-state index < -0.39 is 6.04 Å². The van der Waals surface area contributed by atoms with Crippen LogP contribution < -0.4 is 5.32 Å². The van der Waals surface area contributed by atoms with E-state index >= 15 is 0 Å². The number of ether oxygens (including phenoxy) is 1. The zero-order valence-corrected chi connectivity index (χ0v) is 14.8. The topological polar surface area (TPSA) is 78.9 Å². The van der Waals surface area contributed by atoms with Crippen LogP contribution in [0.4, 0.5) is 5.69 Å². The van der Waals surface area contributed by atoms with Crippen LogP contribution in [0.25, 0.3) is 0 Å². The van der Waals surface area contributed by atoms with Gasteiger partial charge in [0.25, 0.3) is 0 Å². The minimum absolute atomic E-state index is 0.00270. The molecular weight excluding hydrogens is 320 g/mol. The summed E-state index contributed by atoms with van der Waals surface area (Å²) in [4.78, 5) is 25.8. The molecule has 1 aromatic carbocycles. The summed E-state index contributed by atoms with van der Waals surface area (Å²) in [6.07, 6.45) is 2.69. The molecular formula is C19H26N2O4. The van der Waals surface area contributed by atoms with E-state index in [0.29, 0.717) is 0 Å². The number of amides is 2. The van der Waals surface area contributed by atoms with E-state index in [1.165, 1.54) is 0 Å². The molecule has 1 aliphatic carbocycles. The molecule has 1 saturated heterocycles. The Morgan fingerprint density at radius 3 is 2.52 bits per heavy atom. The fourth-order valence-electron chi connectivity index (χ4n) is 3.52. The number of carbonyl (C=O) groups excluding carboxylic acids is 2. The summed E-state index contributed by atoms with van der Waals surface area (Å²) < 4.78 is 5.71. The van der Waals surface area contributed by atoms with Crippen LogP contribution in [0, 0.1) is 5.92 Å². The Hall–Kier alpha value is -1.92. The molecule has 3 rings (SSSR count). The number of benzene rings is 1. The third-order valence-corrected chi connectivity index (χ3v) is 5.11. The molecule has 0 spiro atoms. The fourth-order valence-corrected chi connectivity index (χ4v) is 3.52. The highest BCUT2D eigenvalue weighted by Gasteiger charge is 2.38. The zero-order valence-electron chi connectivity index (χ0n) is 14.8. The highest BCUT2D eigenvalue weighted by molar-refractivity contribution is 5.93. The normalized spacial score (nSPS) is 24.3. The first kappa shape index (κ1) is 17.9. The van der Waals surface area contributed by atoms with Gasteiger partial charge in [0.2, 0.25) is 11.8 Å². The lowest BCUT2D eigenvalue weighted by atomic mass is 9.85. The largest absolute Gasteiger partial charge is 0.394 e. The van der Waals surface area contributed by atoms with E-state index in [4.69, 9.17) is 4.74 Å². The highest BCUT2D eigenvalue weighted by atomic mass is 16.5. The second-order valence-electron chi connectivity index (χ2n) is 7.12. The maximum Gasteiger partial charge on any atom is 0.249 e. The first-order valence-electron chi connectivity index (χ1n) is 8.95. The predicted molar refractivity (Wildman–Crippen MR) is 94.0 cm³/mol. The van der Waals surface area contributed by atoms with Gasteiger partial charge in [-0.3, -0.25) is 9.59 Å². The van der Waals surface area contributed by atoms with Crippen molar-refractivity contribution in [1.29, 1.82) is 0 Å². The molecule has 0 unspecified atom stereocenters. The Morgan fingerprint density at radius 2 is 2.00 bits per heavy atom. The van der Waals surface area contributed by atoms with Crippen molar-refractivity contribution in [2.75, 3.05) is 18.5 Å². The third-order valence-electron chi connectivity index (χ3n) is 5.11. The summed E-state index contributed by atoms with van der Waals surface area (Å²) in [5, 5.41) is 12.7. The summed E-state index contributed by atoms with van der Waals surface area (Å²) >= 11 is 0. The van der Waals surface area contributed by atoms with Crippen molar-refractivity contribution in [2.24, 2.45) is 5.92 Å². The molecule has 2 aliphatic rings. The van der Waals surface area contributed by atoms with Gasteiger partial charge in [0.05, 0.1) is 12.6 Å². The monoisotopic (exact) mass is 346 g/mol. The summed E-state index contributed by atoms with van der Waals surface area (Å²) in [7, 11) is 0. The molecule has 2 fully saturated rings. The Kier molecular flexibility index (Phi) is 5.39. The smallest absolute Gasteiger partial charge is 0.249 e. The number of morpholine rings is 1. The summed E-state index contributed by atoms with van der Waals surface area (Å²) in [6.45, 7) is 3.72. The Bertz CT molecular complexity index is 625. The van der Waals surface area contributed by atoms with Gasteiger partial charge in [0.1, 0.15) is 12.7 Å². The number of carbonyl (C=O) groups is 2. The van der Waals surface area contributed by atoms with Crippen molar-refractivity contribution in [3.63, 3.8) is 0 Å². The van der Waals surface area contributed by atoms with Gasteiger partial charge in [0, 0.05) is 17.6 Å². The molecule has 2 atom stereocenters. The number of nitrogens with one attached hydrogen (secondary N) is 1. The molecule has 0 radical (unpaired) electrons. The van der Waals surface area contributed by atoms with Crippen LogP contribution in [0.1, 0.15) is 44.8 Å². The number of anilines is 1. The van der Waals surface area contributed by atoms with Crippen molar-refractivity contribution in [3.8, 4) is 0 Å². The molecule has 136 valence electrons. The van der Waals surface area contributed by atoms with Crippen molar-refractivity contribution < 1.29 is 19.4 Å². The standard InChI is InChI=1S/C19H26N2O4/c1-12(2)21-16(10-22)18(25-11-17(21)23)13-6-8-15(9-7-13)20-19(24)14-4-3-5-14/h6-9,12,14,16,18,22H,3-5,10-11H2,1-2H3,(H,20,24)/t16-,18-/m1/s1. The summed E-state index contributed by atoms with van der Waals surface area (Å²) in [5.74, 6) is 0.123. The lowest BCUT2D eigenvalue weighted by Gasteiger charge is -2.42. The first-order valence-corrected chi connectivity index (χ1v) is 8.95. The molecule has 6 nitrogen and oxygen atoms in total. The molecule has 25 heavy (non-hydrogen) atoms. The molecule has 1 aromatic rings. The van der Waals surface area contributed by atoms with Gasteiger partial charge >= 0.3 is 0 Å². The predicted octanol–water partition coefficient (Wildman–Crippen LogP) is 2.09. The van der Waals surface area contributed by atoms with E-state index in [1.807, 2.05) is 38.1 Å². The van der Waals surface area contributed by atoms with Gasteiger partial charge in [-0.05, 0) is 44.4 Å². The van der Waals surface area contributed by atoms with Crippen LogP contribution >= 0.6 is 0 Å². The number of rotatable bonds is 5. The average Bonchev–Trinajstić information content (AvgIpc) is 2.53. The van der Waals surface area contributed by atoms with Crippen LogP contribution in [-0.4, -0.2) is 47.1 Å². The zero-order chi connectivity index (χ0) is 18.0. The minimum atomic E-state index is -0.406. The molecule has 2 N–H and O–H groups in total. The van der Waals surface area contributed by atoms with Crippen LogP contribution in [-0.2, 0) is 14.3 Å². The van der Waals surface area contributed by atoms with E-state index in [-0.39, 0.29) is 43.1 Å². The lowest BCUT2D eigenvalue weighted by Crippen LogP contribution is -2.55. The molecule has 1 heterocycles. The Morgan fingerprint density at radius 1 is 1.32 bits per heavy atom. The number of aliphatic hydroxyl groups excluding tert-OH is 1. The molecule has 0 aromatic heterocycles. The van der Waals surface area contributed by atoms with Crippen molar-refractivity contribution >= 4 is 17.5 Å². The average molecular weight is 346 g/mol. The molecule has 2 amide bonds. The van der Waals surface area contributed by atoms with Crippen LogP contribution in [0.2, 0.25) is 0 Å². The number of aliphatic hydroxyl groups is 1. The van der Waals surface area contributed by atoms with E-state index in [0.717, 1.165) is 30.5 Å². The van der Waals surface area contributed by atoms with Gasteiger partial charge in [0.15, 0.2) is 0 Å². The summed E-state index contributed by atoms with van der Waals surface area (Å²) in [5.41, 5.74) is 1.65. The molecule has 6 heteroatoms. The van der Waals surface area contributed by atoms with Crippen LogP contribution in [0.5, 0.6) is 0 Å². The first-order chi connectivity index (χ1) is 12.0. The second-order valence-corrected chi connectivity index (χ2v) is 7.12. The van der Waals surface area contributed by atoms with Gasteiger partial charge in [-0.25, -0.2) is 0 Å². The van der Waals surface area contributed by atoms with Gasteiger partial charge in [-0.1, -0.05) is 18.6 Å². The Labute approximate surface area is 148 Å². The summed E-state index contributed by atoms with van der Waals surface area (Å²) in [6, 6.07) is 7.06. The third kappa shape index (κ3) is 3.70. The van der Waals surface area contributed by atoms with E-state index in [2.05, 4.69) is 5.32 Å². The molecule has 1 saturated carbocycles. The van der Waals surface area contributed by atoms with E-state index in [9.17, 15) is 14.7 Å². The van der Waals surface area contributed by atoms with E-state index in [1.54, 1.807) is 4.90 Å². The van der Waals surface area contributed by atoms with Crippen molar-refractivity contribution in [2.45, 2.75) is 51.3 Å². The van der Waals surface area contributed by atoms with Crippen LogP contribution in [0.15, 0.2) is 24.3 Å². The highest BCUT2D eigenvalue weighted by Crippen LogP contribution is 2.31. The molecule has 0 bridgehead atoms. The number of hydrogen-bond donors (Lipinski definition) is 2. The van der Waals surface area contributed by atoms with Crippen molar-refractivity contribution in [1.82, 2.24) is 4.90 Å². The fraction of sp³-hybridized carbons (Fsp3) is 0.579. The maximum atomic E-state index is 12.1. The van der Waals surface area contributed by atoms with Crippen molar-refractivity contribution in [3.05, 3.63) is 29.8 Å². The minimum Gasteiger partial charge on any atom is -0.394 e. The van der Waals surface area contributed by atoms with Gasteiger partial charge in [-0.15, -0.1) is 0 Å². The number of nitrogens with zero attached hydrogens (tertiary/aromatic N) is 1. The number of hydrogen-bond acceptors (Lipinski definition) is 4.